The van der Waals surface area contributed by atoms with Gasteiger partial charge in [0, 0.05) is 11.6 Å². The molecule has 0 radical (unpaired) electrons. The summed E-state index contributed by atoms with van der Waals surface area (Å²) >= 11 is 5.64. The molecule has 1 aromatic carbocycles. The van der Waals surface area contributed by atoms with E-state index in [1.807, 2.05) is 18.2 Å². The van der Waals surface area contributed by atoms with Crippen LogP contribution in [-0.4, -0.2) is 17.1 Å². The van der Waals surface area contributed by atoms with E-state index < -0.39 is 0 Å². The predicted octanol–water partition coefficient (Wildman–Crippen LogP) is 2.38. The number of alkyl halides is 1. The van der Waals surface area contributed by atoms with Crippen molar-refractivity contribution in [1.82, 2.24) is 9.97 Å². The second kappa shape index (κ2) is 3.80. The SMILES string of the molecule is COc1ccc2nc(CCl)ncc2c1. The number of fused-ring (bicyclic) bond motifs is 1. The van der Waals surface area contributed by atoms with Gasteiger partial charge in [-0.3, -0.25) is 0 Å². The highest BCUT2D eigenvalue weighted by Crippen LogP contribution is 2.18. The number of nitrogens with zero attached hydrogens (tertiary/aromatic N) is 2. The normalized spacial score (nSPS) is 10.4. The summed E-state index contributed by atoms with van der Waals surface area (Å²) in [6.07, 6.45) is 1.75. The van der Waals surface area contributed by atoms with Gasteiger partial charge in [0.1, 0.15) is 11.6 Å². The number of methoxy groups -OCH3 is 1. The van der Waals surface area contributed by atoms with E-state index in [1.54, 1.807) is 13.3 Å². The minimum absolute atomic E-state index is 0.335. The van der Waals surface area contributed by atoms with Crippen molar-refractivity contribution in [3.63, 3.8) is 0 Å². The van der Waals surface area contributed by atoms with Gasteiger partial charge in [-0.2, -0.15) is 0 Å². The summed E-state index contributed by atoms with van der Waals surface area (Å²) in [5.41, 5.74) is 0.886. The molecule has 0 bridgehead atoms. The van der Waals surface area contributed by atoms with Gasteiger partial charge in [-0.1, -0.05) is 0 Å². The molecule has 0 atom stereocenters. The van der Waals surface area contributed by atoms with Crippen molar-refractivity contribution in [2.24, 2.45) is 0 Å². The Morgan fingerprint density at radius 1 is 1.43 bits per heavy atom. The van der Waals surface area contributed by atoms with Crippen LogP contribution in [-0.2, 0) is 5.88 Å². The van der Waals surface area contributed by atoms with Gasteiger partial charge in [0.05, 0.1) is 18.5 Å². The molecule has 72 valence electrons. The lowest BCUT2D eigenvalue weighted by Gasteiger charge is -2.02. The van der Waals surface area contributed by atoms with Crippen molar-refractivity contribution in [3.8, 4) is 5.75 Å². The van der Waals surface area contributed by atoms with E-state index in [1.165, 1.54) is 0 Å². The summed E-state index contributed by atoms with van der Waals surface area (Å²) in [6.45, 7) is 0. The Hall–Kier alpha value is -1.35. The maximum atomic E-state index is 5.64. The fourth-order valence-corrected chi connectivity index (χ4v) is 1.37. The largest absolute Gasteiger partial charge is 0.497 e. The molecule has 0 aliphatic rings. The lowest BCUT2D eigenvalue weighted by Crippen LogP contribution is -1.91. The number of hydrogen-bond donors (Lipinski definition) is 0. The molecule has 0 saturated carbocycles. The Labute approximate surface area is 86.7 Å². The predicted molar refractivity (Wildman–Crippen MR) is 55.6 cm³/mol. The molecule has 2 rings (SSSR count). The van der Waals surface area contributed by atoms with Gasteiger partial charge in [-0.05, 0) is 18.2 Å². The fourth-order valence-electron chi connectivity index (χ4n) is 1.24. The van der Waals surface area contributed by atoms with Gasteiger partial charge < -0.3 is 4.74 Å². The lowest BCUT2D eigenvalue weighted by atomic mass is 10.2. The van der Waals surface area contributed by atoms with Gasteiger partial charge in [-0.15, -0.1) is 11.6 Å². The molecule has 0 saturated heterocycles. The maximum Gasteiger partial charge on any atom is 0.143 e. The van der Waals surface area contributed by atoms with Gasteiger partial charge >= 0.3 is 0 Å². The average molecular weight is 209 g/mol. The van der Waals surface area contributed by atoms with Gasteiger partial charge in [0.2, 0.25) is 0 Å². The number of ether oxygens (including phenoxy) is 1. The highest BCUT2D eigenvalue weighted by Gasteiger charge is 2.00. The highest BCUT2D eigenvalue weighted by atomic mass is 35.5. The van der Waals surface area contributed by atoms with E-state index in [0.717, 1.165) is 16.7 Å². The van der Waals surface area contributed by atoms with Crippen molar-refractivity contribution >= 4 is 22.5 Å². The number of hydrogen-bond acceptors (Lipinski definition) is 3. The number of halogens is 1. The smallest absolute Gasteiger partial charge is 0.143 e. The average Bonchev–Trinajstić information content (AvgIpc) is 2.27. The van der Waals surface area contributed by atoms with Crippen molar-refractivity contribution in [2.75, 3.05) is 7.11 Å². The summed E-state index contributed by atoms with van der Waals surface area (Å²) in [4.78, 5) is 8.37. The summed E-state index contributed by atoms with van der Waals surface area (Å²) in [6, 6.07) is 5.66. The molecule has 2 aromatic rings. The van der Waals surface area contributed by atoms with Gasteiger partial charge in [0.15, 0.2) is 0 Å². The Morgan fingerprint density at radius 3 is 3.00 bits per heavy atom. The van der Waals surface area contributed by atoms with Crippen LogP contribution < -0.4 is 4.74 Å². The summed E-state index contributed by atoms with van der Waals surface area (Å²) in [5, 5.41) is 0.957. The minimum Gasteiger partial charge on any atom is -0.497 e. The quantitative estimate of drug-likeness (QED) is 0.711. The van der Waals surface area contributed by atoms with Crippen LogP contribution in [0.4, 0.5) is 0 Å². The molecule has 0 amide bonds. The molecule has 14 heavy (non-hydrogen) atoms. The standard InChI is InChI=1S/C10H9ClN2O/c1-14-8-2-3-9-7(4-8)6-12-10(5-11)13-9/h2-4,6H,5H2,1H3. The fraction of sp³-hybridized carbons (Fsp3) is 0.200. The van der Waals surface area contributed by atoms with Gasteiger partial charge in [0.25, 0.3) is 0 Å². The number of rotatable bonds is 2. The topological polar surface area (TPSA) is 35.0 Å². The van der Waals surface area contributed by atoms with E-state index in [0.29, 0.717) is 11.7 Å². The molecule has 0 unspecified atom stereocenters. The summed E-state index contributed by atoms with van der Waals surface area (Å²) in [5.74, 6) is 1.78. The van der Waals surface area contributed by atoms with Gasteiger partial charge in [-0.25, -0.2) is 9.97 Å². The van der Waals surface area contributed by atoms with Crippen molar-refractivity contribution in [3.05, 3.63) is 30.2 Å². The summed E-state index contributed by atoms with van der Waals surface area (Å²) in [7, 11) is 1.63. The molecule has 1 heterocycles. The third-order valence-electron chi connectivity index (χ3n) is 1.96. The monoisotopic (exact) mass is 208 g/mol. The molecule has 0 aliphatic heterocycles. The van der Waals surface area contributed by atoms with Crippen LogP contribution in [0.3, 0.4) is 0 Å². The van der Waals surface area contributed by atoms with Crippen LogP contribution in [0.25, 0.3) is 10.9 Å². The zero-order chi connectivity index (χ0) is 9.97. The Morgan fingerprint density at radius 2 is 2.29 bits per heavy atom. The second-order valence-corrected chi connectivity index (χ2v) is 3.11. The number of benzene rings is 1. The number of aromatic nitrogens is 2. The highest BCUT2D eigenvalue weighted by molar-refractivity contribution is 6.16. The van der Waals surface area contributed by atoms with Crippen LogP contribution >= 0.6 is 11.6 Å². The zero-order valence-corrected chi connectivity index (χ0v) is 8.45. The van der Waals surface area contributed by atoms with Crippen molar-refractivity contribution in [1.29, 1.82) is 0 Å². The molecule has 3 nitrogen and oxygen atoms in total. The first-order valence-corrected chi connectivity index (χ1v) is 4.72. The van der Waals surface area contributed by atoms with E-state index in [9.17, 15) is 0 Å². The van der Waals surface area contributed by atoms with Crippen LogP contribution in [0.15, 0.2) is 24.4 Å². The van der Waals surface area contributed by atoms with Crippen LogP contribution in [0.1, 0.15) is 5.82 Å². The molecular formula is C10H9ClN2O. The Balaban J connectivity index is 2.57. The Kier molecular flexibility index (Phi) is 2.50. The maximum absolute atomic E-state index is 5.64. The first-order valence-electron chi connectivity index (χ1n) is 4.19. The minimum atomic E-state index is 0.335. The molecule has 1 aromatic heterocycles. The molecule has 0 aliphatic carbocycles. The van der Waals surface area contributed by atoms with Crippen LogP contribution in [0.2, 0.25) is 0 Å². The zero-order valence-electron chi connectivity index (χ0n) is 7.70. The first kappa shape index (κ1) is 9.21. The van der Waals surface area contributed by atoms with Crippen molar-refractivity contribution in [2.45, 2.75) is 5.88 Å². The Bertz CT molecular complexity index is 416. The third-order valence-corrected chi connectivity index (χ3v) is 2.20. The van der Waals surface area contributed by atoms with Crippen molar-refractivity contribution < 1.29 is 4.74 Å². The molecule has 0 spiro atoms. The molecule has 0 N–H and O–H groups in total. The summed E-state index contributed by atoms with van der Waals surface area (Å²) < 4.78 is 5.10. The molecular weight excluding hydrogens is 200 g/mol. The van der Waals surface area contributed by atoms with Crippen LogP contribution in [0.5, 0.6) is 5.75 Å². The first-order chi connectivity index (χ1) is 6.83. The lowest BCUT2D eigenvalue weighted by molar-refractivity contribution is 0.415. The van der Waals surface area contributed by atoms with Crippen LogP contribution in [0, 0.1) is 0 Å². The molecule has 4 heteroatoms. The van der Waals surface area contributed by atoms with E-state index in [-0.39, 0.29) is 0 Å². The second-order valence-electron chi connectivity index (χ2n) is 2.84. The van der Waals surface area contributed by atoms with E-state index in [2.05, 4.69) is 9.97 Å². The van der Waals surface area contributed by atoms with E-state index in [4.69, 9.17) is 16.3 Å². The van der Waals surface area contributed by atoms with E-state index >= 15 is 0 Å². The molecule has 0 fully saturated rings. The third kappa shape index (κ3) is 1.63.